The summed E-state index contributed by atoms with van der Waals surface area (Å²) in [5.74, 6) is -0.982. The summed E-state index contributed by atoms with van der Waals surface area (Å²) >= 11 is 0. The van der Waals surface area contributed by atoms with E-state index < -0.39 is 11.9 Å². The van der Waals surface area contributed by atoms with Crippen molar-refractivity contribution in [1.29, 1.82) is 0 Å². The van der Waals surface area contributed by atoms with Crippen molar-refractivity contribution in [3.05, 3.63) is 29.8 Å². The maximum Gasteiger partial charge on any atom is 0.308 e. The Morgan fingerprint density at radius 2 is 1.86 bits per heavy atom. The summed E-state index contributed by atoms with van der Waals surface area (Å²) in [7, 11) is 0. The zero-order valence-corrected chi connectivity index (χ0v) is 12.8. The predicted octanol–water partition coefficient (Wildman–Crippen LogP) is 2.70. The molecule has 0 fully saturated rings. The van der Waals surface area contributed by atoms with Gasteiger partial charge in [0.05, 0.1) is 12.0 Å². The fourth-order valence-electron chi connectivity index (χ4n) is 1.94. The lowest BCUT2D eigenvalue weighted by Crippen LogP contribution is -2.32. The Bertz CT molecular complexity index is 468. The molecular formula is C16H23NO4. The van der Waals surface area contributed by atoms with Crippen molar-refractivity contribution in [3.63, 3.8) is 0 Å². The Balaban J connectivity index is 2.57. The predicted molar refractivity (Wildman–Crippen MR) is 80.6 cm³/mol. The number of amides is 1. The topological polar surface area (TPSA) is 75.6 Å². The second kappa shape index (κ2) is 8.29. The number of benzene rings is 1. The molecule has 0 saturated heterocycles. The summed E-state index contributed by atoms with van der Waals surface area (Å²) < 4.78 is 5.50. The van der Waals surface area contributed by atoms with Crippen LogP contribution < -0.4 is 10.1 Å². The smallest absolute Gasteiger partial charge is 0.308 e. The first kappa shape index (κ1) is 17.0. The molecule has 0 spiro atoms. The number of rotatable bonds is 8. The van der Waals surface area contributed by atoms with Crippen LogP contribution in [0.25, 0.3) is 0 Å². The molecule has 116 valence electrons. The van der Waals surface area contributed by atoms with E-state index in [2.05, 4.69) is 5.32 Å². The van der Waals surface area contributed by atoms with Crippen molar-refractivity contribution in [2.24, 2.45) is 5.92 Å². The summed E-state index contributed by atoms with van der Waals surface area (Å²) in [4.78, 5) is 23.0. The summed E-state index contributed by atoms with van der Waals surface area (Å²) in [5.41, 5.74) is 0.492. The second-order valence-corrected chi connectivity index (χ2v) is 5.22. The maximum atomic E-state index is 12.0. The lowest BCUT2D eigenvalue weighted by molar-refractivity contribution is -0.141. The van der Waals surface area contributed by atoms with Gasteiger partial charge in [-0.1, -0.05) is 13.3 Å². The highest BCUT2D eigenvalue weighted by Crippen LogP contribution is 2.14. The van der Waals surface area contributed by atoms with Crippen molar-refractivity contribution >= 4 is 11.9 Å². The first-order chi connectivity index (χ1) is 9.93. The van der Waals surface area contributed by atoms with Gasteiger partial charge in [0.15, 0.2) is 0 Å². The molecule has 0 aliphatic heterocycles. The second-order valence-electron chi connectivity index (χ2n) is 5.22. The molecule has 0 aliphatic carbocycles. The van der Waals surface area contributed by atoms with Gasteiger partial charge in [0.1, 0.15) is 5.75 Å². The van der Waals surface area contributed by atoms with Gasteiger partial charge >= 0.3 is 5.97 Å². The van der Waals surface area contributed by atoms with E-state index in [0.29, 0.717) is 17.7 Å². The van der Waals surface area contributed by atoms with Gasteiger partial charge in [-0.3, -0.25) is 9.59 Å². The number of hydrogen-bond acceptors (Lipinski definition) is 3. The van der Waals surface area contributed by atoms with Crippen LogP contribution in [-0.2, 0) is 4.79 Å². The van der Waals surface area contributed by atoms with Crippen LogP contribution >= 0.6 is 0 Å². The molecule has 0 radical (unpaired) electrons. The van der Waals surface area contributed by atoms with Gasteiger partial charge in [-0.25, -0.2) is 0 Å². The molecule has 1 unspecified atom stereocenters. The number of nitrogens with one attached hydrogen (secondary N) is 1. The number of hydrogen-bond donors (Lipinski definition) is 2. The van der Waals surface area contributed by atoms with Gasteiger partial charge in [-0.15, -0.1) is 0 Å². The Morgan fingerprint density at radius 3 is 2.33 bits per heavy atom. The van der Waals surface area contributed by atoms with Gasteiger partial charge in [-0.05, 0) is 44.5 Å². The highest BCUT2D eigenvalue weighted by atomic mass is 16.5. The Morgan fingerprint density at radius 1 is 1.24 bits per heavy atom. The van der Waals surface area contributed by atoms with Crippen molar-refractivity contribution in [2.75, 3.05) is 6.54 Å². The minimum absolute atomic E-state index is 0.0787. The van der Waals surface area contributed by atoms with Crippen molar-refractivity contribution < 1.29 is 19.4 Å². The normalized spacial score (nSPS) is 12.0. The standard InChI is InChI=1S/C16H23NO4/c1-4-5-13(16(19)20)10-17-15(18)12-6-8-14(9-7-12)21-11(2)3/h6-9,11,13H,4-5,10H2,1-3H3,(H,17,18)(H,19,20). The third-order valence-corrected chi connectivity index (χ3v) is 2.98. The molecule has 1 rings (SSSR count). The summed E-state index contributed by atoms with van der Waals surface area (Å²) in [6.45, 7) is 5.93. The molecule has 5 heteroatoms. The molecule has 1 aromatic carbocycles. The summed E-state index contributed by atoms with van der Waals surface area (Å²) in [5, 5.41) is 11.7. The molecule has 0 aromatic heterocycles. The number of ether oxygens (including phenoxy) is 1. The first-order valence-corrected chi connectivity index (χ1v) is 7.21. The highest BCUT2D eigenvalue weighted by molar-refractivity contribution is 5.94. The number of carbonyl (C=O) groups is 2. The molecule has 0 saturated carbocycles. The van der Waals surface area contributed by atoms with Crippen molar-refractivity contribution in [2.45, 2.75) is 39.7 Å². The third kappa shape index (κ3) is 5.85. The molecule has 2 N–H and O–H groups in total. The van der Waals surface area contributed by atoms with Gasteiger partial charge in [0.25, 0.3) is 5.91 Å². The van der Waals surface area contributed by atoms with Crippen LogP contribution in [0, 0.1) is 5.92 Å². The van der Waals surface area contributed by atoms with E-state index in [-0.39, 0.29) is 18.6 Å². The van der Waals surface area contributed by atoms with Crippen LogP contribution in [-0.4, -0.2) is 29.6 Å². The minimum Gasteiger partial charge on any atom is -0.491 e. The average Bonchev–Trinajstić information content (AvgIpc) is 2.43. The van der Waals surface area contributed by atoms with Crippen molar-refractivity contribution in [3.8, 4) is 5.75 Å². The summed E-state index contributed by atoms with van der Waals surface area (Å²) in [6.07, 6.45) is 1.40. The van der Waals surface area contributed by atoms with E-state index in [1.807, 2.05) is 20.8 Å². The lowest BCUT2D eigenvalue weighted by Gasteiger charge is -2.13. The van der Waals surface area contributed by atoms with Gasteiger partial charge in [-0.2, -0.15) is 0 Å². The molecule has 21 heavy (non-hydrogen) atoms. The van der Waals surface area contributed by atoms with E-state index in [4.69, 9.17) is 9.84 Å². The Kier molecular flexibility index (Phi) is 6.72. The Labute approximate surface area is 125 Å². The molecule has 1 atom stereocenters. The van der Waals surface area contributed by atoms with E-state index in [1.54, 1.807) is 24.3 Å². The number of aliphatic carboxylic acids is 1. The fraction of sp³-hybridized carbons (Fsp3) is 0.500. The largest absolute Gasteiger partial charge is 0.491 e. The molecule has 0 heterocycles. The van der Waals surface area contributed by atoms with Crippen LogP contribution in [0.4, 0.5) is 0 Å². The summed E-state index contributed by atoms with van der Waals surface area (Å²) in [6, 6.07) is 6.80. The molecule has 5 nitrogen and oxygen atoms in total. The van der Waals surface area contributed by atoms with Gasteiger partial charge < -0.3 is 15.2 Å². The maximum absolute atomic E-state index is 12.0. The van der Waals surface area contributed by atoms with Crippen LogP contribution in [0.2, 0.25) is 0 Å². The van der Waals surface area contributed by atoms with Gasteiger partial charge in [0.2, 0.25) is 0 Å². The molecule has 0 aliphatic rings. The van der Waals surface area contributed by atoms with Crippen LogP contribution in [0.5, 0.6) is 5.75 Å². The van der Waals surface area contributed by atoms with Crippen LogP contribution in [0.1, 0.15) is 44.0 Å². The zero-order chi connectivity index (χ0) is 15.8. The number of carbonyl (C=O) groups excluding carboxylic acids is 1. The van der Waals surface area contributed by atoms with Gasteiger partial charge in [0, 0.05) is 12.1 Å². The molecule has 1 aromatic rings. The van der Waals surface area contributed by atoms with Crippen molar-refractivity contribution in [1.82, 2.24) is 5.32 Å². The third-order valence-electron chi connectivity index (χ3n) is 2.98. The fourth-order valence-corrected chi connectivity index (χ4v) is 1.94. The van der Waals surface area contributed by atoms with Crippen LogP contribution in [0.3, 0.4) is 0 Å². The molecular weight excluding hydrogens is 270 g/mol. The number of carboxylic acid groups (broad SMARTS) is 1. The van der Waals surface area contributed by atoms with E-state index >= 15 is 0 Å². The van der Waals surface area contributed by atoms with E-state index in [0.717, 1.165) is 6.42 Å². The van der Waals surface area contributed by atoms with E-state index in [9.17, 15) is 9.59 Å². The molecule has 1 amide bonds. The SMILES string of the molecule is CCCC(CNC(=O)c1ccc(OC(C)C)cc1)C(=O)O. The Hall–Kier alpha value is -2.04. The van der Waals surface area contributed by atoms with E-state index in [1.165, 1.54) is 0 Å². The quantitative estimate of drug-likeness (QED) is 0.772. The minimum atomic E-state index is -0.877. The van der Waals surface area contributed by atoms with Crippen LogP contribution in [0.15, 0.2) is 24.3 Å². The molecule has 0 bridgehead atoms. The average molecular weight is 293 g/mol. The zero-order valence-electron chi connectivity index (χ0n) is 12.8. The monoisotopic (exact) mass is 293 g/mol. The highest BCUT2D eigenvalue weighted by Gasteiger charge is 2.17. The number of carboxylic acids is 1. The lowest BCUT2D eigenvalue weighted by atomic mass is 10.0. The first-order valence-electron chi connectivity index (χ1n) is 7.21.